The first-order valence-electron chi connectivity index (χ1n) is 18.7. The molecule has 0 saturated heterocycles. The molecule has 0 radical (unpaired) electrons. The minimum Gasteiger partial charge on any atom is -0.462 e. The molecule has 0 aromatic carbocycles. The summed E-state index contributed by atoms with van der Waals surface area (Å²) < 4.78 is 64.4. The fourth-order valence-corrected chi connectivity index (χ4v) is 9.00. The molecule has 0 aromatic heterocycles. The van der Waals surface area contributed by atoms with E-state index in [9.17, 15) is 53.3 Å². The third-order valence-electron chi connectivity index (χ3n) is 8.66. The molecule has 1 fully saturated rings. The van der Waals surface area contributed by atoms with E-state index in [1.54, 1.807) is 0 Å². The second-order valence-corrected chi connectivity index (χ2v) is 19.7. The molecule has 0 amide bonds. The van der Waals surface area contributed by atoms with Crippen molar-refractivity contribution in [3.05, 3.63) is 6.92 Å². The van der Waals surface area contributed by atoms with Crippen LogP contribution in [-0.2, 0) is 50.9 Å². The lowest BCUT2D eigenvalue weighted by molar-refractivity contribution is -0.213. The Morgan fingerprint density at radius 2 is 1.09 bits per heavy atom. The van der Waals surface area contributed by atoms with Gasteiger partial charge >= 0.3 is 35.4 Å². The van der Waals surface area contributed by atoms with Gasteiger partial charge in [0.05, 0.1) is 6.61 Å². The smallest absolute Gasteiger partial charge is 0.462 e. The Labute approximate surface area is 345 Å². The summed E-state index contributed by atoms with van der Waals surface area (Å²) in [6, 6.07) is 0. The third-order valence-corrected chi connectivity index (χ3v) is 13.6. The van der Waals surface area contributed by atoms with Gasteiger partial charge in [0.1, 0.15) is 43.2 Å². The maximum absolute atomic E-state index is 12.9. The molecule has 0 heterocycles. The number of hydrogen-bond donors (Lipinski definition) is 8. The molecule has 1 aliphatic carbocycles. The Morgan fingerprint density at radius 1 is 0.625 bits per heavy atom. The fraction of sp³-hybridized carbons (Fsp3) is 0.906. The summed E-state index contributed by atoms with van der Waals surface area (Å²) in [4.78, 5) is 72.7. The minimum atomic E-state index is -5.59. The van der Waals surface area contributed by atoms with Crippen molar-refractivity contribution in [3.63, 3.8) is 0 Å². The van der Waals surface area contributed by atoms with Crippen LogP contribution in [0.2, 0.25) is 0 Å². The predicted molar refractivity (Wildman–Crippen MR) is 208 cm³/mol. The number of phosphoric ester groups is 3. The highest BCUT2D eigenvalue weighted by atomic mass is 79.9. The molecule has 0 aromatic rings. The van der Waals surface area contributed by atoms with Gasteiger partial charge in [-0.05, 0) is 19.3 Å². The monoisotopic (exact) mass is 999 g/mol. The average Bonchev–Trinajstić information content (AvgIpc) is 3.10. The highest BCUT2D eigenvalue weighted by Gasteiger charge is 2.56. The van der Waals surface area contributed by atoms with Crippen LogP contribution in [0.15, 0.2) is 0 Å². The van der Waals surface area contributed by atoms with E-state index in [1.165, 1.54) is 38.5 Å². The molecular weight excluding hydrogens is 941 g/mol. The lowest BCUT2D eigenvalue weighted by Crippen LogP contribution is -2.65. The minimum absolute atomic E-state index is 0.0534. The van der Waals surface area contributed by atoms with Gasteiger partial charge in [0.25, 0.3) is 0 Å². The zero-order valence-corrected chi connectivity index (χ0v) is 37.4. The van der Waals surface area contributed by atoms with Crippen molar-refractivity contribution >= 4 is 67.3 Å². The third kappa shape index (κ3) is 23.8. The summed E-state index contributed by atoms with van der Waals surface area (Å²) in [7, 11) is -16.6. The fourth-order valence-electron chi connectivity index (χ4n) is 5.72. The number of hydrogen-bond acceptors (Lipinski definition) is 14. The van der Waals surface area contributed by atoms with Crippen molar-refractivity contribution in [2.75, 3.05) is 13.2 Å². The quantitative estimate of drug-likeness (QED) is 0.0149. The number of phosphoric acid groups is 3. The van der Waals surface area contributed by atoms with Crippen LogP contribution < -0.4 is 0 Å². The van der Waals surface area contributed by atoms with Gasteiger partial charge in [0, 0.05) is 22.5 Å². The van der Waals surface area contributed by atoms with Crippen LogP contribution in [0.25, 0.3) is 0 Å². The lowest BCUT2D eigenvalue weighted by atomic mass is 9.85. The van der Waals surface area contributed by atoms with Gasteiger partial charge in [-0.2, -0.15) is 6.42 Å². The molecule has 19 nitrogen and oxygen atoms in total. The number of alkyl halides is 2. The second kappa shape index (κ2) is 27.9. The molecule has 0 bridgehead atoms. The number of unbranched alkanes of at least 4 members (excludes halogenated alkanes) is 10. The number of ether oxygens (including phenoxy) is 2. The number of carbonyl (C=O) groups excluding carboxylic acids is 2. The summed E-state index contributed by atoms with van der Waals surface area (Å²) in [5, 5.41) is 31.5. The van der Waals surface area contributed by atoms with Crippen LogP contribution in [0.5, 0.6) is 0 Å². The van der Waals surface area contributed by atoms with Crippen LogP contribution in [0, 0.1) is 6.92 Å². The van der Waals surface area contributed by atoms with Gasteiger partial charge < -0.3 is 56.2 Å². The molecule has 1 aliphatic rings. The van der Waals surface area contributed by atoms with E-state index < -0.39 is 91.3 Å². The van der Waals surface area contributed by atoms with Gasteiger partial charge in [0.2, 0.25) is 0 Å². The van der Waals surface area contributed by atoms with Crippen molar-refractivity contribution in [3.8, 4) is 0 Å². The lowest BCUT2D eigenvalue weighted by Gasteiger charge is -2.44. The van der Waals surface area contributed by atoms with Crippen molar-refractivity contribution in [1.82, 2.24) is 0 Å². The Kier molecular flexibility index (Phi) is 26.9. The molecular formula is C32H60Br2O19P3-. The zero-order chi connectivity index (χ0) is 42.5. The summed E-state index contributed by atoms with van der Waals surface area (Å²) in [5.41, 5.74) is 0. The van der Waals surface area contributed by atoms with Gasteiger partial charge in [-0.1, -0.05) is 109 Å². The van der Waals surface area contributed by atoms with Crippen molar-refractivity contribution in [2.45, 2.75) is 168 Å². The highest BCUT2D eigenvalue weighted by molar-refractivity contribution is 9.12. The SMILES string of the molecule is [CH2-]CCCC(=O)O[C@@H](COC(=O)CCCCCCC[C@@H](Br)[C@@H](Br)CCCCCCCC)COP(=O)(O)O[C@@H]1[C@H](O)[C@H](O)[C@@H](OP(=O)(O)O)[C@H](OP(=O)(O)O)[C@H]1O. The van der Waals surface area contributed by atoms with Crippen molar-refractivity contribution in [2.24, 2.45) is 0 Å². The van der Waals surface area contributed by atoms with E-state index in [0.29, 0.717) is 28.9 Å². The normalized spacial score (nSPS) is 24.6. The Hall–Kier alpha value is 0.110. The molecule has 1 rings (SSSR count). The molecule has 8 N–H and O–H groups in total. The van der Waals surface area contributed by atoms with Crippen molar-refractivity contribution < 1.29 is 90.6 Å². The highest BCUT2D eigenvalue weighted by Crippen LogP contribution is 2.51. The first-order valence-corrected chi connectivity index (χ1v) is 25.1. The zero-order valence-electron chi connectivity index (χ0n) is 31.5. The van der Waals surface area contributed by atoms with Crippen molar-refractivity contribution in [1.29, 1.82) is 0 Å². The molecule has 56 heavy (non-hydrogen) atoms. The molecule has 1 unspecified atom stereocenters. The molecule has 0 aliphatic heterocycles. The van der Waals surface area contributed by atoms with Gasteiger partial charge in [-0.25, -0.2) is 13.7 Å². The molecule has 24 heteroatoms. The van der Waals surface area contributed by atoms with Crippen LogP contribution in [0.1, 0.15) is 116 Å². The summed E-state index contributed by atoms with van der Waals surface area (Å²) in [5.74, 6) is -1.41. The Morgan fingerprint density at radius 3 is 1.61 bits per heavy atom. The maximum atomic E-state index is 12.9. The van der Waals surface area contributed by atoms with E-state index >= 15 is 0 Å². The molecule has 332 valence electrons. The number of halogens is 2. The summed E-state index contributed by atoms with van der Waals surface area (Å²) in [6.07, 6.45) is -1.78. The van der Waals surface area contributed by atoms with E-state index in [4.69, 9.17) is 28.3 Å². The topological polar surface area (TPSA) is 303 Å². The summed E-state index contributed by atoms with van der Waals surface area (Å²) >= 11 is 7.60. The van der Waals surface area contributed by atoms with Gasteiger partial charge in [0.15, 0.2) is 6.10 Å². The van der Waals surface area contributed by atoms with E-state index in [0.717, 1.165) is 38.5 Å². The number of aliphatic hydroxyl groups is 3. The Bertz CT molecular complexity index is 1270. The maximum Gasteiger partial charge on any atom is 0.472 e. The second-order valence-electron chi connectivity index (χ2n) is 13.6. The van der Waals surface area contributed by atoms with Gasteiger partial charge in [-0.3, -0.25) is 27.7 Å². The van der Waals surface area contributed by atoms with E-state index in [1.807, 2.05) is 0 Å². The molecule has 1 saturated carbocycles. The summed E-state index contributed by atoms with van der Waals surface area (Å²) in [6.45, 7) is 4.29. The van der Waals surface area contributed by atoms with Crippen LogP contribution in [0.4, 0.5) is 0 Å². The van der Waals surface area contributed by atoms with E-state index in [2.05, 4.69) is 54.8 Å². The number of aliphatic hydroxyl groups excluding tert-OH is 3. The first kappa shape index (κ1) is 54.1. The average molecular weight is 1000 g/mol. The Balaban J connectivity index is 2.67. The first-order chi connectivity index (χ1) is 26.1. The molecule has 0 spiro atoms. The van der Waals surface area contributed by atoms with Crippen LogP contribution in [-0.4, -0.2) is 117 Å². The predicted octanol–water partition coefficient (Wildman–Crippen LogP) is 5.01. The van der Waals surface area contributed by atoms with Crippen LogP contribution in [0.3, 0.4) is 0 Å². The van der Waals surface area contributed by atoms with Crippen LogP contribution >= 0.6 is 55.3 Å². The number of esters is 2. The largest absolute Gasteiger partial charge is 0.472 e. The number of rotatable bonds is 31. The molecule has 10 atom stereocenters. The standard InChI is InChI=1S/C32H60Br2O19P3/c1-3-5-7-8-10-13-16-23(33)24(34)17-14-11-9-12-15-19-25(35)48-20-22(50-26(36)18-6-4-2)21-49-56(46,47)53-30-27(37)28(38)31(51-54(40,41)42)32(29(30)39)52-55(43,44)45/h22-24,27-32,37-39H,2-21H2,1H3,(H,46,47)(H2,40,41,42)(H2,43,44,45)/q-1/t22-,23-,24+,27+,28-,29-,30+,31+,32+/m0/s1. The van der Waals surface area contributed by atoms with E-state index in [-0.39, 0.29) is 12.8 Å². The number of carbonyl (C=O) groups is 2. The van der Waals surface area contributed by atoms with Gasteiger partial charge in [-0.15, -0.1) is 0 Å².